The summed E-state index contributed by atoms with van der Waals surface area (Å²) in [5.41, 5.74) is 2.58. The first kappa shape index (κ1) is 17.3. The molecule has 0 atom stereocenters. The van der Waals surface area contributed by atoms with Crippen LogP contribution in [0.5, 0.6) is 0 Å². The van der Waals surface area contributed by atoms with Crippen LogP contribution >= 0.6 is 0 Å². The van der Waals surface area contributed by atoms with Crippen molar-refractivity contribution in [1.82, 2.24) is 14.9 Å². The predicted molar refractivity (Wildman–Crippen MR) is 94.2 cm³/mol. The maximum Gasteiger partial charge on any atom is 0.271 e. The van der Waals surface area contributed by atoms with Crippen molar-refractivity contribution >= 4 is 5.91 Å². The molecule has 0 saturated carbocycles. The van der Waals surface area contributed by atoms with Gasteiger partial charge in [0.25, 0.3) is 5.91 Å². The van der Waals surface area contributed by atoms with Gasteiger partial charge in [0, 0.05) is 12.2 Å². The highest BCUT2D eigenvalue weighted by Gasteiger charge is 2.19. The van der Waals surface area contributed by atoms with Gasteiger partial charge in [0.2, 0.25) is 0 Å². The van der Waals surface area contributed by atoms with E-state index in [1.165, 1.54) is 12.8 Å². The maximum absolute atomic E-state index is 12.5. The molecule has 0 unspecified atom stereocenters. The van der Waals surface area contributed by atoms with E-state index in [-0.39, 0.29) is 5.91 Å². The third-order valence-corrected chi connectivity index (χ3v) is 4.02. The van der Waals surface area contributed by atoms with Crippen LogP contribution in [0, 0.1) is 6.92 Å². The standard InChI is InChI=1S/C19H27N3O/c1-4-6-7-11-14-20-19(23)18-17(5-2)22(15(3)21-18)16-12-9-8-10-13-16/h8-10,12-13H,4-7,11,14H2,1-3H3,(H,20,23). The lowest BCUT2D eigenvalue weighted by atomic mass is 10.2. The van der Waals surface area contributed by atoms with Gasteiger partial charge in [-0.05, 0) is 31.9 Å². The molecule has 4 nitrogen and oxygen atoms in total. The lowest BCUT2D eigenvalue weighted by Crippen LogP contribution is -2.26. The zero-order chi connectivity index (χ0) is 16.7. The third kappa shape index (κ3) is 4.21. The quantitative estimate of drug-likeness (QED) is 0.747. The first-order valence-electron chi connectivity index (χ1n) is 8.60. The number of aromatic nitrogens is 2. The number of nitrogens with one attached hydrogen (secondary N) is 1. The van der Waals surface area contributed by atoms with E-state index in [9.17, 15) is 4.79 Å². The number of unbranched alkanes of at least 4 members (excludes halogenated alkanes) is 3. The van der Waals surface area contributed by atoms with Crippen LogP contribution in [0.4, 0.5) is 0 Å². The molecule has 0 radical (unpaired) electrons. The van der Waals surface area contributed by atoms with Gasteiger partial charge in [0.1, 0.15) is 11.5 Å². The molecular weight excluding hydrogens is 286 g/mol. The molecule has 1 amide bonds. The molecule has 0 aliphatic carbocycles. The third-order valence-electron chi connectivity index (χ3n) is 4.02. The fraction of sp³-hybridized carbons (Fsp3) is 0.474. The molecule has 2 rings (SSSR count). The van der Waals surface area contributed by atoms with E-state index >= 15 is 0 Å². The van der Waals surface area contributed by atoms with Gasteiger partial charge in [-0.15, -0.1) is 0 Å². The molecule has 1 aromatic carbocycles. The SMILES string of the molecule is CCCCCCNC(=O)c1nc(C)n(-c2ccccc2)c1CC. The number of hydrogen-bond donors (Lipinski definition) is 1. The lowest BCUT2D eigenvalue weighted by molar-refractivity contribution is 0.0947. The van der Waals surface area contributed by atoms with E-state index in [0.717, 1.165) is 43.0 Å². The maximum atomic E-state index is 12.5. The van der Waals surface area contributed by atoms with Crippen LogP contribution in [0.1, 0.15) is 61.5 Å². The Morgan fingerprint density at radius 1 is 1.13 bits per heavy atom. The lowest BCUT2D eigenvalue weighted by Gasteiger charge is -2.10. The van der Waals surface area contributed by atoms with Crippen LogP contribution in [0.2, 0.25) is 0 Å². The van der Waals surface area contributed by atoms with Crippen LogP contribution in [-0.2, 0) is 6.42 Å². The molecule has 1 heterocycles. The Kier molecular flexibility index (Phi) is 6.39. The fourth-order valence-corrected chi connectivity index (χ4v) is 2.84. The summed E-state index contributed by atoms with van der Waals surface area (Å²) in [6, 6.07) is 10.1. The van der Waals surface area contributed by atoms with Crippen molar-refractivity contribution in [2.24, 2.45) is 0 Å². The average Bonchev–Trinajstić information content (AvgIpc) is 2.91. The largest absolute Gasteiger partial charge is 0.351 e. The highest BCUT2D eigenvalue weighted by Crippen LogP contribution is 2.19. The number of imidazole rings is 1. The Bertz CT molecular complexity index is 632. The van der Waals surface area contributed by atoms with Crippen LogP contribution in [0.15, 0.2) is 30.3 Å². The summed E-state index contributed by atoms with van der Waals surface area (Å²) in [7, 11) is 0. The van der Waals surface area contributed by atoms with Crippen molar-refractivity contribution in [3.05, 3.63) is 47.5 Å². The monoisotopic (exact) mass is 313 g/mol. The minimum atomic E-state index is -0.0591. The van der Waals surface area contributed by atoms with E-state index in [2.05, 4.69) is 28.7 Å². The summed E-state index contributed by atoms with van der Waals surface area (Å²) < 4.78 is 2.08. The second-order valence-corrected chi connectivity index (χ2v) is 5.80. The second-order valence-electron chi connectivity index (χ2n) is 5.80. The first-order chi connectivity index (χ1) is 11.2. The molecule has 0 spiro atoms. The number of para-hydroxylation sites is 1. The van der Waals surface area contributed by atoms with Crippen molar-refractivity contribution in [2.45, 2.75) is 52.9 Å². The molecule has 0 aliphatic rings. The Hall–Kier alpha value is -2.10. The molecule has 23 heavy (non-hydrogen) atoms. The fourth-order valence-electron chi connectivity index (χ4n) is 2.84. The molecular formula is C19H27N3O. The Morgan fingerprint density at radius 3 is 2.52 bits per heavy atom. The normalized spacial score (nSPS) is 10.7. The zero-order valence-corrected chi connectivity index (χ0v) is 14.4. The summed E-state index contributed by atoms with van der Waals surface area (Å²) in [6.07, 6.45) is 5.38. The molecule has 0 bridgehead atoms. The number of hydrogen-bond acceptors (Lipinski definition) is 2. The minimum Gasteiger partial charge on any atom is -0.351 e. The summed E-state index contributed by atoms with van der Waals surface area (Å²) in [5.74, 6) is 0.792. The average molecular weight is 313 g/mol. The molecule has 1 aromatic heterocycles. The number of nitrogens with zero attached hydrogens (tertiary/aromatic N) is 2. The van der Waals surface area contributed by atoms with Gasteiger partial charge in [0.15, 0.2) is 0 Å². The number of aryl methyl sites for hydroxylation is 1. The van der Waals surface area contributed by atoms with E-state index in [1.54, 1.807) is 0 Å². The number of benzene rings is 1. The van der Waals surface area contributed by atoms with E-state index in [0.29, 0.717) is 5.69 Å². The van der Waals surface area contributed by atoms with Gasteiger partial charge in [0.05, 0.1) is 5.69 Å². The molecule has 2 aromatic rings. The van der Waals surface area contributed by atoms with E-state index < -0.39 is 0 Å². The Balaban J connectivity index is 2.15. The van der Waals surface area contributed by atoms with Gasteiger partial charge in [-0.2, -0.15) is 0 Å². The predicted octanol–water partition coefficient (Wildman–Crippen LogP) is 4.05. The second kappa shape index (κ2) is 8.51. The van der Waals surface area contributed by atoms with Crippen molar-refractivity contribution in [1.29, 1.82) is 0 Å². The Labute approximate surface area is 138 Å². The molecule has 0 aliphatic heterocycles. The highest BCUT2D eigenvalue weighted by atomic mass is 16.1. The highest BCUT2D eigenvalue weighted by molar-refractivity contribution is 5.93. The van der Waals surface area contributed by atoms with Gasteiger partial charge in [-0.1, -0.05) is 51.3 Å². The summed E-state index contributed by atoms with van der Waals surface area (Å²) >= 11 is 0. The summed E-state index contributed by atoms with van der Waals surface area (Å²) in [5, 5.41) is 3.01. The number of rotatable bonds is 8. The molecule has 0 fully saturated rings. The summed E-state index contributed by atoms with van der Waals surface area (Å²) in [6.45, 7) is 6.92. The zero-order valence-electron chi connectivity index (χ0n) is 14.4. The van der Waals surface area contributed by atoms with Gasteiger partial charge >= 0.3 is 0 Å². The van der Waals surface area contributed by atoms with Crippen LogP contribution in [-0.4, -0.2) is 22.0 Å². The Morgan fingerprint density at radius 2 is 1.87 bits per heavy atom. The van der Waals surface area contributed by atoms with Gasteiger partial charge in [-0.25, -0.2) is 4.98 Å². The van der Waals surface area contributed by atoms with Crippen LogP contribution in [0.3, 0.4) is 0 Å². The number of carbonyl (C=O) groups excluding carboxylic acids is 1. The van der Waals surface area contributed by atoms with Crippen molar-refractivity contribution < 1.29 is 4.79 Å². The number of carbonyl (C=O) groups is 1. The minimum absolute atomic E-state index is 0.0591. The van der Waals surface area contributed by atoms with Crippen molar-refractivity contribution in [3.8, 4) is 5.69 Å². The topological polar surface area (TPSA) is 46.9 Å². The van der Waals surface area contributed by atoms with Crippen LogP contribution < -0.4 is 5.32 Å². The smallest absolute Gasteiger partial charge is 0.271 e. The van der Waals surface area contributed by atoms with Gasteiger partial charge in [-0.3, -0.25) is 4.79 Å². The molecule has 0 saturated heterocycles. The first-order valence-corrected chi connectivity index (χ1v) is 8.60. The van der Waals surface area contributed by atoms with E-state index in [4.69, 9.17) is 0 Å². The van der Waals surface area contributed by atoms with Crippen LogP contribution in [0.25, 0.3) is 5.69 Å². The van der Waals surface area contributed by atoms with Crippen molar-refractivity contribution in [2.75, 3.05) is 6.54 Å². The molecule has 4 heteroatoms. The molecule has 124 valence electrons. The number of amides is 1. The van der Waals surface area contributed by atoms with E-state index in [1.807, 2.05) is 37.3 Å². The van der Waals surface area contributed by atoms with Crippen molar-refractivity contribution in [3.63, 3.8) is 0 Å². The molecule has 1 N–H and O–H groups in total. The summed E-state index contributed by atoms with van der Waals surface area (Å²) in [4.78, 5) is 17.0. The van der Waals surface area contributed by atoms with Gasteiger partial charge < -0.3 is 9.88 Å².